The monoisotopic (exact) mass is 512 g/mol. The molecule has 0 unspecified atom stereocenters. The molecular weight excluding hydrogens is 488 g/mol. The third-order valence-corrected chi connectivity index (χ3v) is 7.57. The van der Waals surface area contributed by atoms with Crippen LogP contribution in [0.25, 0.3) is 10.9 Å². The van der Waals surface area contributed by atoms with Crippen molar-refractivity contribution < 1.29 is 23.1 Å². The van der Waals surface area contributed by atoms with Crippen molar-refractivity contribution in [2.45, 2.75) is 38.9 Å². The lowest BCUT2D eigenvalue weighted by atomic mass is 9.96. The number of likely N-dealkylation sites (tertiary alicyclic amines) is 1. The highest BCUT2D eigenvalue weighted by molar-refractivity contribution is 6.36. The lowest BCUT2D eigenvalue weighted by Crippen LogP contribution is -2.35. The molecule has 1 aliphatic rings. The number of alkyl halides is 3. The summed E-state index contributed by atoms with van der Waals surface area (Å²) < 4.78 is 41.9. The van der Waals surface area contributed by atoms with Gasteiger partial charge in [-0.2, -0.15) is 13.2 Å². The molecule has 1 N–H and O–H groups in total. The van der Waals surface area contributed by atoms with E-state index in [1.807, 2.05) is 12.1 Å². The largest absolute Gasteiger partial charge is 0.481 e. The van der Waals surface area contributed by atoms with Crippen molar-refractivity contribution in [2.24, 2.45) is 13.0 Å². The predicted molar refractivity (Wildman–Crippen MR) is 128 cm³/mol. The molecule has 2 aromatic carbocycles. The molecule has 0 radical (unpaired) electrons. The number of aliphatic carboxylic acids is 1. The fourth-order valence-electron chi connectivity index (χ4n) is 4.72. The molecule has 0 aliphatic carbocycles. The van der Waals surface area contributed by atoms with Gasteiger partial charge in [-0.05, 0) is 73.8 Å². The second-order valence-corrected chi connectivity index (χ2v) is 9.77. The van der Waals surface area contributed by atoms with Crippen LogP contribution in [0.2, 0.25) is 10.0 Å². The molecule has 2 heterocycles. The van der Waals surface area contributed by atoms with Crippen LogP contribution >= 0.6 is 23.2 Å². The van der Waals surface area contributed by atoms with Crippen LogP contribution in [0.3, 0.4) is 0 Å². The van der Waals surface area contributed by atoms with Gasteiger partial charge in [-0.3, -0.25) is 9.69 Å². The Hall–Kier alpha value is -2.22. The van der Waals surface area contributed by atoms with E-state index in [1.54, 1.807) is 23.7 Å². The zero-order valence-corrected chi connectivity index (χ0v) is 20.4. The summed E-state index contributed by atoms with van der Waals surface area (Å²) in [7, 11) is 1.74. The van der Waals surface area contributed by atoms with Crippen molar-refractivity contribution in [3.8, 4) is 0 Å². The molecule has 9 heteroatoms. The van der Waals surface area contributed by atoms with Gasteiger partial charge in [0.15, 0.2) is 0 Å². The SMILES string of the molecule is Cc1cc2cc(Cc3c(Cl)ccc(CN4CCC(C(=O)O)CC4)c3Cl)n(C)c2cc1C(F)(F)F. The fourth-order valence-corrected chi connectivity index (χ4v) is 5.29. The Balaban J connectivity index is 1.61. The van der Waals surface area contributed by atoms with E-state index in [2.05, 4.69) is 4.90 Å². The number of fused-ring (bicyclic) bond motifs is 1. The fraction of sp³-hybridized carbons (Fsp3) is 0.400. The van der Waals surface area contributed by atoms with E-state index < -0.39 is 17.7 Å². The summed E-state index contributed by atoms with van der Waals surface area (Å²) in [5.41, 5.74) is 2.46. The van der Waals surface area contributed by atoms with Crippen molar-refractivity contribution in [3.63, 3.8) is 0 Å². The lowest BCUT2D eigenvalue weighted by molar-refractivity contribution is -0.143. The average molecular weight is 513 g/mol. The Morgan fingerprint density at radius 2 is 1.82 bits per heavy atom. The van der Waals surface area contributed by atoms with Gasteiger partial charge in [-0.1, -0.05) is 29.3 Å². The molecule has 1 saturated heterocycles. The molecule has 34 heavy (non-hydrogen) atoms. The average Bonchev–Trinajstić information content (AvgIpc) is 3.06. The molecule has 0 bridgehead atoms. The van der Waals surface area contributed by atoms with Gasteiger partial charge in [-0.25, -0.2) is 0 Å². The van der Waals surface area contributed by atoms with E-state index in [0.717, 1.165) is 22.2 Å². The molecule has 1 aromatic heterocycles. The van der Waals surface area contributed by atoms with Crippen molar-refractivity contribution in [3.05, 3.63) is 68.3 Å². The molecule has 1 fully saturated rings. The zero-order chi connectivity index (χ0) is 24.8. The maximum Gasteiger partial charge on any atom is 0.416 e. The van der Waals surface area contributed by atoms with Crippen LogP contribution in [0.1, 0.15) is 40.8 Å². The van der Waals surface area contributed by atoms with Crippen molar-refractivity contribution >= 4 is 40.1 Å². The zero-order valence-electron chi connectivity index (χ0n) is 18.8. The van der Waals surface area contributed by atoms with Crippen molar-refractivity contribution in [2.75, 3.05) is 13.1 Å². The Kier molecular flexibility index (Phi) is 6.91. The maximum absolute atomic E-state index is 13.4. The number of hydrogen-bond acceptors (Lipinski definition) is 2. The summed E-state index contributed by atoms with van der Waals surface area (Å²) in [6.45, 7) is 3.40. The van der Waals surface area contributed by atoms with Gasteiger partial charge in [0.2, 0.25) is 0 Å². The summed E-state index contributed by atoms with van der Waals surface area (Å²) in [6.07, 6.45) is -2.84. The molecule has 1 aliphatic heterocycles. The topological polar surface area (TPSA) is 45.5 Å². The van der Waals surface area contributed by atoms with Crippen LogP contribution < -0.4 is 0 Å². The maximum atomic E-state index is 13.4. The Morgan fingerprint density at radius 3 is 2.44 bits per heavy atom. The van der Waals surface area contributed by atoms with E-state index >= 15 is 0 Å². The van der Waals surface area contributed by atoms with E-state index in [9.17, 15) is 23.1 Å². The molecule has 0 spiro atoms. The standard InChI is InChI=1S/C25H25Cl2F3N2O2/c1-14-9-17-10-18(31(2)22(17)12-20(14)25(28,29)30)11-19-21(26)4-3-16(23(19)27)13-32-7-5-15(6-8-32)24(33)34/h3-4,9-10,12,15H,5-8,11,13H2,1-2H3,(H,33,34). The highest BCUT2D eigenvalue weighted by atomic mass is 35.5. The molecule has 4 rings (SSSR count). The number of carboxylic acid groups (broad SMARTS) is 1. The van der Waals surface area contributed by atoms with Gasteiger partial charge in [-0.15, -0.1) is 0 Å². The second kappa shape index (κ2) is 9.44. The van der Waals surface area contributed by atoms with Gasteiger partial charge in [0.05, 0.1) is 16.5 Å². The number of piperidine rings is 1. The third-order valence-electron chi connectivity index (χ3n) is 6.75. The first-order valence-corrected chi connectivity index (χ1v) is 11.8. The number of hydrogen-bond donors (Lipinski definition) is 1. The number of halogens is 5. The van der Waals surface area contributed by atoms with E-state index in [4.69, 9.17) is 23.2 Å². The van der Waals surface area contributed by atoms with Crippen LogP contribution in [0.4, 0.5) is 13.2 Å². The van der Waals surface area contributed by atoms with E-state index in [1.165, 1.54) is 13.0 Å². The predicted octanol–water partition coefficient (Wildman–Crippen LogP) is 6.70. The summed E-state index contributed by atoms with van der Waals surface area (Å²) in [5.74, 6) is -1.06. The van der Waals surface area contributed by atoms with Gasteiger partial charge < -0.3 is 9.67 Å². The Morgan fingerprint density at radius 1 is 1.15 bits per heavy atom. The number of carboxylic acids is 1. The summed E-state index contributed by atoms with van der Waals surface area (Å²) in [6, 6.07) is 8.28. The molecule has 3 aromatic rings. The minimum Gasteiger partial charge on any atom is -0.481 e. The number of aryl methyl sites for hydroxylation is 2. The Bertz CT molecular complexity index is 1250. The molecule has 4 nitrogen and oxygen atoms in total. The first kappa shape index (κ1) is 24.9. The minimum atomic E-state index is -4.41. The molecular formula is C25H25Cl2F3N2O2. The van der Waals surface area contributed by atoms with Crippen LogP contribution in [0.15, 0.2) is 30.3 Å². The smallest absolute Gasteiger partial charge is 0.416 e. The van der Waals surface area contributed by atoms with Gasteiger partial charge >= 0.3 is 12.1 Å². The number of benzene rings is 2. The number of carbonyl (C=O) groups is 1. The number of rotatable bonds is 5. The van der Waals surface area contributed by atoms with Crippen LogP contribution in [-0.2, 0) is 31.0 Å². The van der Waals surface area contributed by atoms with Gasteiger partial charge in [0, 0.05) is 41.6 Å². The number of nitrogens with zero attached hydrogens (tertiary/aromatic N) is 2. The summed E-state index contributed by atoms with van der Waals surface area (Å²) in [4.78, 5) is 13.4. The Labute approximate surface area is 205 Å². The molecule has 0 saturated carbocycles. The van der Waals surface area contributed by atoms with Gasteiger partial charge in [0.1, 0.15) is 0 Å². The van der Waals surface area contributed by atoms with E-state index in [0.29, 0.717) is 54.5 Å². The third kappa shape index (κ3) is 4.92. The second-order valence-electron chi connectivity index (χ2n) is 8.98. The summed E-state index contributed by atoms with van der Waals surface area (Å²) in [5, 5.41) is 11.0. The molecule has 0 atom stereocenters. The lowest BCUT2D eigenvalue weighted by Gasteiger charge is -2.30. The first-order valence-electron chi connectivity index (χ1n) is 11.0. The van der Waals surface area contributed by atoms with Gasteiger partial charge in [0.25, 0.3) is 0 Å². The molecule has 0 amide bonds. The van der Waals surface area contributed by atoms with Crippen molar-refractivity contribution in [1.82, 2.24) is 9.47 Å². The molecule has 182 valence electrons. The highest BCUT2D eigenvalue weighted by Gasteiger charge is 2.33. The quantitative estimate of drug-likeness (QED) is 0.413. The highest BCUT2D eigenvalue weighted by Crippen LogP contribution is 2.37. The minimum absolute atomic E-state index is 0.182. The van der Waals surface area contributed by atoms with Crippen molar-refractivity contribution in [1.29, 1.82) is 0 Å². The normalized spacial score (nSPS) is 15.9. The van der Waals surface area contributed by atoms with Crippen LogP contribution in [0, 0.1) is 12.8 Å². The summed E-state index contributed by atoms with van der Waals surface area (Å²) >= 11 is 13.2. The van der Waals surface area contributed by atoms with E-state index in [-0.39, 0.29) is 11.5 Å². The number of aromatic nitrogens is 1. The first-order chi connectivity index (χ1) is 16.0. The van der Waals surface area contributed by atoms with Crippen LogP contribution in [0.5, 0.6) is 0 Å². The van der Waals surface area contributed by atoms with Crippen LogP contribution in [-0.4, -0.2) is 33.6 Å².